The molecular weight excluding hydrogens is 514 g/mol. The molecule has 0 saturated carbocycles. The van der Waals surface area contributed by atoms with Crippen LogP contribution < -0.4 is 5.73 Å². The van der Waals surface area contributed by atoms with E-state index >= 15 is 0 Å². The molecule has 1 aliphatic carbocycles. The van der Waals surface area contributed by atoms with Gasteiger partial charge in [0.05, 0.1) is 18.3 Å². The van der Waals surface area contributed by atoms with E-state index in [9.17, 15) is 0 Å². The zero-order valence-electron chi connectivity index (χ0n) is 24.1. The molecule has 0 bridgehead atoms. The molecule has 2 aromatic heterocycles. The monoisotopic (exact) mass is 551 g/mol. The molecule has 1 aliphatic heterocycles. The van der Waals surface area contributed by atoms with Gasteiger partial charge in [0.1, 0.15) is 5.76 Å². The number of anilines is 1. The molecule has 4 heteroatoms. The lowest BCUT2D eigenvalue weighted by atomic mass is 9.78. The number of hydrogen-bond donors (Lipinski definition) is 1. The predicted octanol–water partition coefficient (Wildman–Crippen LogP) is 8.44. The molecule has 0 spiro atoms. The van der Waals surface area contributed by atoms with Gasteiger partial charge in [0.25, 0.3) is 0 Å². The number of aryl methyl sites for hydroxylation is 1. The summed E-state index contributed by atoms with van der Waals surface area (Å²) < 4.78 is 6.17. The van der Waals surface area contributed by atoms with Gasteiger partial charge in [-0.1, -0.05) is 54.6 Å². The van der Waals surface area contributed by atoms with Crippen molar-refractivity contribution in [1.29, 1.82) is 0 Å². The third-order valence-electron chi connectivity index (χ3n) is 10.1. The smallest absolute Gasteiger partial charge is 0.121 e. The highest BCUT2D eigenvalue weighted by Gasteiger charge is 2.27. The Labute approximate surface area is 247 Å². The van der Waals surface area contributed by atoms with Crippen LogP contribution in [0.15, 0.2) is 95.7 Å². The van der Waals surface area contributed by atoms with E-state index < -0.39 is 0 Å². The zero-order chi connectivity index (χ0) is 28.0. The summed E-state index contributed by atoms with van der Waals surface area (Å²) in [5, 5.41) is 6.55. The van der Waals surface area contributed by atoms with Crippen LogP contribution in [0.4, 0.5) is 5.69 Å². The first-order chi connectivity index (χ1) is 20.7. The lowest BCUT2D eigenvalue weighted by Gasteiger charge is -2.32. The number of benzene rings is 4. The fourth-order valence-electron chi connectivity index (χ4n) is 7.72. The molecule has 2 N–H and O–H groups in total. The van der Waals surface area contributed by atoms with E-state index in [1.807, 2.05) is 18.5 Å². The Morgan fingerprint density at radius 2 is 1.67 bits per heavy atom. The van der Waals surface area contributed by atoms with Crippen molar-refractivity contribution < 1.29 is 4.42 Å². The second-order valence-electron chi connectivity index (χ2n) is 12.5. The number of nitrogens with two attached hydrogens (primary N) is 1. The average Bonchev–Trinajstić information content (AvgIpc) is 3.51. The predicted molar refractivity (Wildman–Crippen MR) is 173 cm³/mol. The van der Waals surface area contributed by atoms with E-state index in [1.54, 1.807) is 0 Å². The van der Waals surface area contributed by atoms with Crippen LogP contribution in [0.2, 0.25) is 0 Å². The maximum absolute atomic E-state index is 6.56. The Kier molecular flexibility index (Phi) is 6.45. The van der Waals surface area contributed by atoms with Crippen LogP contribution in [0.25, 0.3) is 32.4 Å². The Morgan fingerprint density at radius 3 is 2.60 bits per heavy atom. The number of aromatic nitrogens is 1. The molecule has 1 atom stereocenters. The molecule has 1 saturated heterocycles. The number of furan rings is 1. The number of rotatable bonds is 5. The van der Waals surface area contributed by atoms with Crippen LogP contribution in [-0.2, 0) is 25.8 Å². The normalized spacial score (nSPS) is 18.1. The Hall–Kier alpha value is -4.15. The molecule has 4 nitrogen and oxygen atoms in total. The maximum atomic E-state index is 6.56. The summed E-state index contributed by atoms with van der Waals surface area (Å²) in [6, 6.07) is 28.7. The molecule has 2 aliphatic rings. The van der Waals surface area contributed by atoms with Gasteiger partial charge in [-0.3, -0.25) is 9.88 Å². The summed E-state index contributed by atoms with van der Waals surface area (Å²) in [7, 11) is 0. The molecule has 8 rings (SSSR count). The van der Waals surface area contributed by atoms with E-state index in [4.69, 9.17) is 10.2 Å². The second-order valence-corrected chi connectivity index (χ2v) is 12.5. The van der Waals surface area contributed by atoms with Gasteiger partial charge in [-0.2, -0.15) is 0 Å². The first kappa shape index (κ1) is 25.6. The molecule has 4 aromatic carbocycles. The number of piperidine rings is 1. The third-order valence-corrected chi connectivity index (χ3v) is 10.1. The zero-order valence-corrected chi connectivity index (χ0v) is 24.1. The van der Waals surface area contributed by atoms with Gasteiger partial charge in [-0.05, 0) is 132 Å². The topological polar surface area (TPSA) is 55.3 Å². The number of fused-ring (bicyclic) bond motifs is 6. The van der Waals surface area contributed by atoms with Crippen molar-refractivity contribution in [2.45, 2.75) is 51.0 Å². The Morgan fingerprint density at radius 1 is 0.810 bits per heavy atom. The first-order valence-electron chi connectivity index (χ1n) is 15.5. The second kappa shape index (κ2) is 10.6. The summed E-state index contributed by atoms with van der Waals surface area (Å²) in [6.07, 6.45) is 10.6. The average molecular weight is 552 g/mol. The van der Waals surface area contributed by atoms with E-state index in [1.165, 1.54) is 68.8 Å². The fourth-order valence-corrected chi connectivity index (χ4v) is 7.72. The summed E-state index contributed by atoms with van der Waals surface area (Å²) in [4.78, 5) is 7.04. The minimum atomic E-state index is 0.506. The van der Waals surface area contributed by atoms with Crippen LogP contribution in [0.5, 0.6) is 0 Å². The van der Waals surface area contributed by atoms with Crippen molar-refractivity contribution in [1.82, 2.24) is 9.88 Å². The summed E-state index contributed by atoms with van der Waals surface area (Å²) in [5.41, 5.74) is 14.2. The van der Waals surface area contributed by atoms with Gasteiger partial charge >= 0.3 is 0 Å². The quantitative estimate of drug-likeness (QED) is 0.173. The minimum Gasteiger partial charge on any atom is -0.468 e. The number of hydrogen-bond acceptors (Lipinski definition) is 4. The van der Waals surface area contributed by atoms with Gasteiger partial charge in [-0.15, -0.1) is 0 Å². The molecule has 1 fully saturated rings. The number of likely N-dealkylation sites (tertiary alicyclic amines) is 1. The first-order valence-corrected chi connectivity index (χ1v) is 15.5. The lowest BCUT2D eigenvalue weighted by molar-refractivity contribution is 0.165. The van der Waals surface area contributed by atoms with Crippen LogP contribution in [0.3, 0.4) is 0 Å². The molecule has 6 aromatic rings. The highest BCUT2D eigenvalue weighted by Crippen LogP contribution is 2.40. The van der Waals surface area contributed by atoms with E-state index in [0.717, 1.165) is 55.5 Å². The van der Waals surface area contributed by atoms with Crippen LogP contribution in [-0.4, -0.2) is 23.0 Å². The molecule has 0 radical (unpaired) electrons. The van der Waals surface area contributed by atoms with E-state index in [-0.39, 0.29) is 0 Å². The van der Waals surface area contributed by atoms with Crippen molar-refractivity contribution in [3.05, 3.63) is 119 Å². The molecule has 3 heterocycles. The molecule has 210 valence electrons. The van der Waals surface area contributed by atoms with Crippen LogP contribution >= 0.6 is 0 Å². The summed E-state index contributed by atoms with van der Waals surface area (Å²) in [5.74, 6) is 2.33. The Bertz CT molecular complexity index is 1910. The number of nitrogens with zero attached hydrogens (tertiary/aromatic N) is 2. The van der Waals surface area contributed by atoms with Crippen LogP contribution in [0, 0.1) is 5.92 Å². The largest absolute Gasteiger partial charge is 0.468 e. The summed E-state index contributed by atoms with van der Waals surface area (Å²) >= 11 is 0. The van der Waals surface area contributed by atoms with Crippen molar-refractivity contribution >= 4 is 38.1 Å². The fraction of sp³-hybridized carbons (Fsp3) is 0.289. The van der Waals surface area contributed by atoms with E-state index in [2.05, 4.69) is 82.7 Å². The van der Waals surface area contributed by atoms with Crippen molar-refractivity contribution in [2.24, 2.45) is 5.92 Å². The van der Waals surface area contributed by atoms with Gasteiger partial charge in [0.2, 0.25) is 0 Å². The third kappa shape index (κ3) is 4.55. The molecule has 1 unspecified atom stereocenters. The minimum absolute atomic E-state index is 0.506. The van der Waals surface area contributed by atoms with Crippen molar-refractivity contribution in [3.63, 3.8) is 0 Å². The molecule has 42 heavy (non-hydrogen) atoms. The highest BCUT2D eigenvalue weighted by atomic mass is 16.3. The standard InChI is InChI=1S/C38H37N3O/c39-38-29(11-14-36-34(38)6-3-18-40-36)22-25-15-19-41(20-16-25)24-37-31(17-21-42-37)28-8-7-27-10-12-32-30-5-2-1-4-26(30)9-13-33(32)35(27)23-28/h1-6,9-14,17-18,21,25,28H,7-8,15-16,19-20,22-24,39H2. The number of pyridine rings is 1. The molecular formula is C38H37N3O. The van der Waals surface area contributed by atoms with Gasteiger partial charge < -0.3 is 10.2 Å². The van der Waals surface area contributed by atoms with E-state index in [0.29, 0.717) is 11.8 Å². The summed E-state index contributed by atoms with van der Waals surface area (Å²) in [6.45, 7) is 3.11. The molecule has 0 amide bonds. The van der Waals surface area contributed by atoms with Gasteiger partial charge in [0, 0.05) is 17.3 Å². The SMILES string of the molecule is Nc1c(CC2CCN(Cc3occc3C3CCc4ccc5c(ccc6ccccc65)c4C3)CC2)ccc2ncccc12. The van der Waals surface area contributed by atoms with Gasteiger partial charge in [0.15, 0.2) is 0 Å². The van der Waals surface area contributed by atoms with Gasteiger partial charge in [-0.25, -0.2) is 0 Å². The highest BCUT2D eigenvalue weighted by molar-refractivity contribution is 6.08. The van der Waals surface area contributed by atoms with Crippen molar-refractivity contribution in [3.8, 4) is 0 Å². The Balaban J connectivity index is 0.958. The number of nitrogen functional groups attached to an aromatic ring is 1. The maximum Gasteiger partial charge on any atom is 0.121 e. The van der Waals surface area contributed by atoms with Crippen molar-refractivity contribution in [2.75, 3.05) is 18.8 Å². The lowest BCUT2D eigenvalue weighted by Crippen LogP contribution is -2.34. The van der Waals surface area contributed by atoms with Crippen LogP contribution in [0.1, 0.15) is 53.2 Å².